The molecule has 1 saturated carbocycles. The van der Waals surface area contributed by atoms with E-state index in [1.54, 1.807) is 22.7 Å². The Kier molecular flexibility index (Phi) is 6.13. The molecule has 1 atom stereocenters. The summed E-state index contributed by atoms with van der Waals surface area (Å²) in [5.74, 6) is 5.48. The molecule has 35 heavy (non-hydrogen) atoms. The van der Waals surface area contributed by atoms with Crippen LogP contribution in [0.25, 0.3) is 9.40 Å². The van der Waals surface area contributed by atoms with Crippen molar-refractivity contribution in [3.8, 4) is 11.8 Å². The number of anilines is 1. The van der Waals surface area contributed by atoms with Crippen molar-refractivity contribution in [1.82, 2.24) is 4.37 Å². The lowest BCUT2D eigenvalue weighted by Crippen LogP contribution is -2.17. The number of fused-ring (bicyclic) bond motifs is 1. The highest BCUT2D eigenvalue weighted by Gasteiger charge is 2.53. The van der Waals surface area contributed by atoms with E-state index in [4.69, 9.17) is 4.74 Å². The molecule has 1 aliphatic rings. The zero-order valence-corrected chi connectivity index (χ0v) is 21.7. The van der Waals surface area contributed by atoms with E-state index in [1.807, 2.05) is 57.2 Å². The fourth-order valence-electron chi connectivity index (χ4n) is 3.95. The SMILES string of the molecule is Cc1ccccc1C(C)OC(=O)Nc1c(C#Cc2cc3cc(C4(C(=O)O)CC4)sc3s2)nsc1C. The minimum Gasteiger partial charge on any atom is -0.481 e. The van der Waals surface area contributed by atoms with Crippen molar-refractivity contribution < 1.29 is 19.4 Å². The number of carbonyl (C=O) groups is 2. The summed E-state index contributed by atoms with van der Waals surface area (Å²) in [5.41, 5.74) is 2.39. The van der Waals surface area contributed by atoms with Gasteiger partial charge in [-0.3, -0.25) is 10.1 Å². The van der Waals surface area contributed by atoms with Crippen molar-refractivity contribution in [2.45, 2.75) is 45.1 Å². The van der Waals surface area contributed by atoms with Crippen molar-refractivity contribution in [2.24, 2.45) is 0 Å². The maximum atomic E-state index is 12.6. The minimum absolute atomic E-state index is 0.391. The predicted molar refractivity (Wildman–Crippen MR) is 141 cm³/mol. The van der Waals surface area contributed by atoms with Gasteiger partial charge in [0.1, 0.15) is 11.5 Å². The van der Waals surface area contributed by atoms with Crippen LogP contribution in [0.3, 0.4) is 0 Å². The first-order valence-corrected chi connectivity index (χ1v) is 13.5. The number of aryl methyl sites for hydroxylation is 2. The molecule has 1 aromatic carbocycles. The van der Waals surface area contributed by atoms with Crippen molar-refractivity contribution in [1.29, 1.82) is 0 Å². The fraction of sp³-hybridized carbons (Fsp3) is 0.269. The summed E-state index contributed by atoms with van der Waals surface area (Å²) in [6.45, 7) is 5.71. The van der Waals surface area contributed by atoms with Crippen LogP contribution in [-0.2, 0) is 14.9 Å². The smallest absolute Gasteiger partial charge is 0.412 e. The summed E-state index contributed by atoms with van der Waals surface area (Å²) in [7, 11) is 0. The third-order valence-electron chi connectivity index (χ3n) is 6.15. The summed E-state index contributed by atoms with van der Waals surface area (Å²) in [5, 5.41) is 13.4. The topological polar surface area (TPSA) is 88.5 Å². The molecule has 0 bridgehead atoms. The Morgan fingerprint density at radius 3 is 2.63 bits per heavy atom. The van der Waals surface area contributed by atoms with Gasteiger partial charge in [-0.1, -0.05) is 24.3 Å². The first-order valence-electron chi connectivity index (χ1n) is 11.1. The van der Waals surface area contributed by atoms with Crippen molar-refractivity contribution >= 4 is 61.4 Å². The number of amides is 1. The van der Waals surface area contributed by atoms with E-state index in [-0.39, 0.29) is 0 Å². The average Bonchev–Trinajstić information content (AvgIpc) is 3.25. The second kappa shape index (κ2) is 9.11. The molecule has 2 N–H and O–H groups in total. The zero-order chi connectivity index (χ0) is 24.7. The minimum atomic E-state index is -0.739. The second-order valence-corrected chi connectivity index (χ2v) is 11.9. The van der Waals surface area contributed by atoms with Crippen LogP contribution in [0.1, 0.15) is 57.3 Å². The average molecular weight is 523 g/mol. The lowest BCUT2D eigenvalue weighted by molar-refractivity contribution is -0.139. The zero-order valence-electron chi connectivity index (χ0n) is 19.3. The summed E-state index contributed by atoms with van der Waals surface area (Å²) in [6, 6.07) is 11.8. The quantitative estimate of drug-likeness (QED) is 0.280. The number of carboxylic acids is 1. The van der Waals surface area contributed by atoms with Gasteiger partial charge in [-0.05, 0) is 80.2 Å². The molecular weight excluding hydrogens is 500 g/mol. The molecule has 5 rings (SSSR count). The Hall–Kier alpha value is -3.19. The normalized spacial score (nSPS) is 14.7. The van der Waals surface area contributed by atoms with Crippen molar-refractivity contribution in [3.05, 3.63) is 67.9 Å². The number of benzene rings is 1. The second-order valence-electron chi connectivity index (χ2n) is 8.59. The summed E-state index contributed by atoms with van der Waals surface area (Å²) < 4.78 is 11.1. The Balaban J connectivity index is 1.30. The molecular formula is C26H22N2O4S3. The van der Waals surface area contributed by atoms with E-state index in [2.05, 4.69) is 21.5 Å². The number of hydrogen-bond acceptors (Lipinski definition) is 7. The molecule has 0 saturated heterocycles. The number of nitrogens with zero attached hydrogens (tertiary/aromatic N) is 1. The largest absolute Gasteiger partial charge is 0.481 e. The summed E-state index contributed by atoms with van der Waals surface area (Å²) in [6.07, 6.45) is 0.461. The molecule has 1 amide bonds. The highest BCUT2D eigenvalue weighted by molar-refractivity contribution is 7.38. The highest BCUT2D eigenvalue weighted by atomic mass is 32.2. The summed E-state index contributed by atoms with van der Waals surface area (Å²) in [4.78, 5) is 26.8. The number of thiophene rings is 2. The predicted octanol–water partition coefficient (Wildman–Crippen LogP) is 6.86. The lowest BCUT2D eigenvalue weighted by Gasteiger charge is -2.16. The van der Waals surface area contributed by atoms with Crippen molar-refractivity contribution in [2.75, 3.05) is 5.32 Å². The molecule has 3 aromatic heterocycles. The van der Waals surface area contributed by atoms with E-state index in [9.17, 15) is 14.7 Å². The molecule has 4 aromatic rings. The highest BCUT2D eigenvalue weighted by Crippen LogP contribution is 2.52. The first-order chi connectivity index (χ1) is 16.8. The number of carbonyl (C=O) groups excluding carboxylic acids is 1. The third-order valence-corrected chi connectivity index (χ3v) is 9.41. The first kappa shape index (κ1) is 23.5. The molecule has 178 valence electrons. The maximum absolute atomic E-state index is 12.6. The number of nitrogens with one attached hydrogen (secondary N) is 1. The van der Waals surface area contributed by atoms with Crippen LogP contribution in [0, 0.1) is 25.7 Å². The van der Waals surface area contributed by atoms with Crippen LogP contribution < -0.4 is 5.32 Å². The Morgan fingerprint density at radius 1 is 1.17 bits per heavy atom. The maximum Gasteiger partial charge on any atom is 0.412 e. The monoisotopic (exact) mass is 522 g/mol. The van der Waals surface area contributed by atoms with Crippen LogP contribution in [0.5, 0.6) is 0 Å². The van der Waals surface area contributed by atoms with Crippen molar-refractivity contribution in [3.63, 3.8) is 0 Å². The Bertz CT molecular complexity index is 1480. The van der Waals surface area contributed by atoms with Gasteiger partial charge in [-0.2, -0.15) is 4.37 Å². The van der Waals surface area contributed by atoms with Gasteiger partial charge in [0.25, 0.3) is 0 Å². The van der Waals surface area contributed by atoms with E-state index in [0.29, 0.717) is 24.2 Å². The molecule has 1 fully saturated rings. The number of rotatable bonds is 5. The number of hydrogen-bond donors (Lipinski definition) is 2. The number of ether oxygens (including phenoxy) is 1. The summed E-state index contributed by atoms with van der Waals surface area (Å²) >= 11 is 4.36. The van der Waals surface area contributed by atoms with Crippen LogP contribution >= 0.6 is 34.2 Å². The Morgan fingerprint density at radius 2 is 1.94 bits per heavy atom. The molecule has 0 aliphatic heterocycles. The fourth-order valence-corrected chi connectivity index (χ4v) is 7.09. The molecule has 6 nitrogen and oxygen atoms in total. The van der Waals surface area contributed by atoms with E-state index >= 15 is 0 Å². The van der Waals surface area contributed by atoms with Gasteiger partial charge in [-0.25, -0.2) is 4.79 Å². The Labute approximate surface area is 214 Å². The van der Waals surface area contributed by atoms with Gasteiger partial charge in [0.05, 0.1) is 14.6 Å². The van der Waals surface area contributed by atoms with E-state index in [1.165, 1.54) is 11.5 Å². The van der Waals surface area contributed by atoms with Gasteiger partial charge in [0.15, 0.2) is 5.69 Å². The third kappa shape index (κ3) is 4.57. The standard InChI is InChI=1S/C26H22N2O4S3/c1-14-6-4-5-7-19(14)15(2)32-25(31)27-22-16(3)35-28-20(22)9-8-18-12-17-13-21(34-23(17)33-18)26(10-11-26)24(29)30/h4-7,12-13,15H,10-11H2,1-3H3,(H,27,31)(H,29,30). The number of carboxylic acid groups (broad SMARTS) is 1. The molecule has 1 aliphatic carbocycles. The molecule has 0 radical (unpaired) electrons. The molecule has 0 spiro atoms. The lowest BCUT2D eigenvalue weighted by atomic mass is 10.1. The van der Waals surface area contributed by atoms with Gasteiger partial charge in [0, 0.05) is 15.1 Å². The molecule has 9 heteroatoms. The van der Waals surface area contributed by atoms with Crippen LogP contribution in [-0.4, -0.2) is 21.5 Å². The van der Waals surface area contributed by atoms with Crippen LogP contribution in [0.2, 0.25) is 0 Å². The number of aromatic nitrogens is 1. The van der Waals surface area contributed by atoms with Gasteiger partial charge in [0.2, 0.25) is 0 Å². The van der Waals surface area contributed by atoms with Crippen LogP contribution in [0.4, 0.5) is 10.5 Å². The van der Waals surface area contributed by atoms with Crippen LogP contribution in [0.15, 0.2) is 36.4 Å². The van der Waals surface area contributed by atoms with E-state index < -0.39 is 23.6 Å². The van der Waals surface area contributed by atoms with E-state index in [0.717, 1.165) is 35.2 Å². The molecule has 1 unspecified atom stereocenters. The van der Waals surface area contributed by atoms with Gasteiger partial charge < -0.3 is 9.84 Å². The van der Waals surface area contributed by atoms with Gasteiger partial charge in [-0.15, -0.1) is 22.7 Å². The van der Waals surface area contributed by atoms with Gasteiger partial charge >= 0.3 is 12.1 Å². The number of aliphatic carboxylic acids is 1. The molecule has 3 heterocycles.